The van der Waals surface area contributed by atoms with Crippen molar-refractivity contribution in [1.82, 2.24) is 15.3 Å². The molecule has 9 heteroatoms. The smallest absolute Gasteiger partial charge is 0.239 e. The maximum atomic E-state index is 12.3. The Balaban J connectivity index is 2.25. The molecule has 0 aliphatic carbocycles. The van der Waals surface area contributed by atoms with Gasteiger partial charge in [-0.2, -0.15) is 0 Å². The fourth-order valence-corrected chi connectivity index (χ4v) is 4.31. The Labute approximate surface area is 164 Å². The summed E-state index contributed by atoms with van der Waals surface area (Å²) in [6, 6.07) is 6.57. The highest BCUT2D eigenvalue weighted by Crippen LogP contribution is 2.41. The highest BCUT2D eigenvalue weighted by molar-refractivity contribution is 7.89. The van der Waals surface area contributed by atoms with E-state index in [2.05, 4.69) is 15.3 Å². The minimum Gasteiger partial charge on any atom is -0.475 e. The van der Waals surface area contributed by atoms with Crippen LogP contribution in [-0.4, -0.2) is 37.6 Å². The van der Waals surface area contributed by atoms with Crippen molar-refractivity contribution in [1.29, 1.82) is 0 Å². The maximum absolute atomic E-state index is 12.3. The number of nitrogens with two attached hydrogens (primary N) is 1. The second-order valence-electron chi connectivity index (χ2n) is 6.90. The van der Waals surface area contributed by atoms with Crippen LogP contribution < -0.4 is 15.2 Å². The van der Waals surface area contributed by atoms with Crippen molar-refractivity contribution in [2.45, 2.75) is 43.1 Å². The van der Waals surface area contributed by atoms with Crippen molar-refractivity contribution < 1.29 is 13.2 Å². The molecule has 0 amide bonds. The summed E-state index contributed by atoms with van der Waals surface area (Å²) in [6.07, 6.45) is 2.72. The molecular formula is C18H23ClN4O3S. The number of piperidine rings is 1. The van der Waals surface area contributed by atoms with Crippen LogP contribution in [0.3, 0.4) is 0 Å². The van der Waals surface area contributed by atoms with Gasteiger partial charge in [-0.05, 0) is 58.0 Å². The first-order chi connectivity index (χ1) is 12.7. The van der Waals surface area contributed by atoms with E-state index < -0.39 is 15.4 Å². The Morgan fingerprint density at radius 1 is 1.22 bits per heavy atom. The molecule has 146 valence electrons. The third-order valence-electron chi connectivity index (χ3n) is 4.62. The minimum absolute atomic E-state index is 0.00254. The van der Waals surface area contributed by atoms with Crippen LogP contribution in [0, 0.1) is 0 Å². The summed E-state index contributed by atoms with van der Waals surface area (Å²) < 4.78 is 30.3. The zero-order valence-corrected chi connectivity index (χ0v) is 16.8. The Morgan fingerprint density at radius 3 is 2.48 bits per heavy atom. The zero-order valence-electron chi connectivity index (χ0n) is 15.3. The molecule has 0 aromatic carbocycles. The molecule has 1 aliphatic heterocycles. The summed E-state index contributed by atoms with van der Waals surface area (Å²) >= 11 is 6.00. The number of pyridine rings is 2. The van der Waals surface area contributed by atoms with Crippen LogP contribution in [0.25, 0.3) is 0 Å². The second kappa shape index (κ2) is 7.71. The SMILES string of the molecule is CC(C)Oc1ccc(S(N)(=O)=O)c(C2(c3ccc(Cl)cn3)CCNCC2)n1. The van der Waals surface area contributed by atoms with E-state index in [0.717, 1.165) is 0 Å². The number of hydrogen-bond donors (Lipinski definition) is 2. The summed E-state index contributed by atoms with van der Waals surface area (Å²) in [5, 5.41) is 9.33. The lowest BCUT2D eigenvalue weighted by atomic mass is 9.73. The number of hydrogen-bond acceptors (Lipinski definition) is 6. The van der Waals surface area contributed by atoms with Crippen LogP contribution in [0.5, 0.6) is 5.88 Å². The lowest BCUT2D eigenvalue weighted by molar-refractivity contribution is 0.229. The predicted molar refractivity (Wildman–Crippen MR) is 104 cm³/mol. The van der Waals surface area contributed by atoms with Crippen molar-refractivity contribution in [2.75, 3.05) is 13.1 Å². The highest BCUT2D eigenvalue weighted by atomic mass is 35.5. The van der Waals surface area contributed by atoms with Crippen LogP contribution in [0.1, 0.15) is 38.1 Å². The molecular weight excluding hydrogens is 388 g/mol. The van der Waals surface area contributed by atoms with Crippen molar-refractivity contribution in [2.24, 2.45) is 5.14 Å². The molecule has 27 heavy (non-hydrogen) atoms. The van der Waals surface area contributed by atoms with E-state index in [9.17, 15) is 8.42 Å². The average molecular weight is 411 g/mol. The third-order valence-corrected chi connectivity index (χ3v) is 5.79. The first-order valence-corrected chi connectivity index (χ1v) is 10.7. The summed E-state index contributed by atoms with van der Waals surface area (Å²) in [5.74, 6) is 0.360. The number of aromatic nitrogens is 2. The molecule has 3 N–H and O–H groups in total. The molecule has 1 fully saturated rings. The van der Waals surface area contributed by atoms with E-state index in [-0.39, 0.29) is 11.0 Å². The van der Waals surface area contributed by atoms with Gasteiger partial charge in [0.2, 0.25) is 15.9 Å². The molecule has 0 radical (unpaired) electrons. The normalized spacial score (nSPS) is 17.1. The summed E-state index contributed by atoms with van der Waals surface area (Å²) in [4.78, 5) is 9.08. The zero-order chi connectivity index (χ0) is 19.7. The largest absolute Gasteiger partial charge is 0.475 e. The molecule has 2 aromatic rings. The second-order valence-corrected chi connectivity index (χ2v) is 8.87. The molecule has 0 bridgehead atoms. The molecule has 7 nitrogen and oxygen atoms in total. The van der Waals surface area contributed by atoms with E-state index in [0.29, 0.717) is 48.2 Å². The van der Waals surface area contributed by atoms with E-state index in [1.807, 2.05) is 19.9 Å². The van der Waals surface area contributed by atoms with E-state index in [4.69, 9.17) is 21.5 Å². The molecule has 2 aromatic heterocycles. The summed E-state index contributed by atoms with van der Waals surface area (Å²) in [6.45, 7) is 5.17. The number of nitrogens with zero attached hydrogens (tertiary/aromatic N) is 2. The highest BCUT2D eigenvalue weighted by Gasteiger charge is 2.42. The van der Waals surface area contributed by atoms with E-state index in [1.165, 1.54) is 12.1 Å². The van der Waals surface area contributed by atoms with E-state index >= 15 is 0 Å². The van der Waals surface area contributed by atoms with Crippen LogP contribution in [0.15, 0.2) is 35.4 Å². The van der Waals surface area contributed by atoms with Gasteiger partial charge in [0.15, 0.2) is 0 Å². The van der Waals surface area contributed by atoms with Gasteiger partial charge in [0.1, 0.15) is 4.90 Å². The lowest BCUT2D eigenvalue weighted by Crippen LogP contribution is -2.43. The Hall–Kier alpha value is -1.74. The van der Waals surface area contributed by atoms with Gasteiger partial charge < -0.3 is 10.1 Å². The third kappa shape index (κ3) is 4.24. The fraction of sp³-hybridized carbons (Fsp3) is 0.444. The number of nitrogens with one attached hydrogen (secondary N) is 1. The molecule has 0 atom stereocenters. The van der Waals surface area contributed by atoms with Gasteiger partial charge in [0.25, 0.3) is 0 Å². The van der Waals surface area contributed by atoms with Gasteiger partial charge in [0.05, 0.1) is 27.9 Å². The number of halogens is 1. The average Bonchev–Trinajstić information content (AvgIpc) is 2.61. The molecule has 0 unspecified atom stereocenters. The maximum Gasteiger partial charge on any atom is 0.239 e. The summed E-state index contributed by atoms with van der Waals surface area (Å²) in [7, 11) is -3.97. The molecule has 3 rings (SSSR count). The van der Waals surface area contributed by atoms with Crippen LogP contribution >= 0.6 is 11.6 Å². The number of primary sulfonamides is 1. The number of ether oxygens (including phenoxy) is 1. The van der Waals surface area contributed by atoms with Crippen LogP contribution in [0.2, 0.25) is 5.02 Å². The number of sulfonamides is 1. The molecule has 1 aliphatic rings. The molecule has 3 heterocycles. The molecule has 0 spiro atoms. The predicted octanol–water partition coefficient (Wildman–Crippen LogP) is 2.23. The molecule has 1 saturated heterocycles. The lowest BCUT2D eigenvalue weighted by Gasteiger charge is -2.37. The van der Waals surface area contributed by atoms with Gasteiger partial charge >= 0.3 is 0 Å². The fourth-order valence-electron chi connectivity index (χ4n) is 3.43. The Kier molecular flexibility index (Phi) is 5.71. The van der Waals surface area contributed by atoms with Crippen molar-refractivity contribution in [3.05, 3.63) is 46.9 Å². The van der Waals surface area contributed by atoms with Crippen molar-refractivity contribution >= 4 is 21.6 Å². The first-order valence-electron chi connectivity index (χ1n) is 8.76. The van der Waals surface area contributed by atoms with E-state index in [1.54, 1.807) is 12.3 Å². The Bertz CT molecular complexity index is 911. The monoisotopic (exact) mass is 410 g/mol. The summed E-state index contributed by atoms with van der Waals surface area (Å²) in [5.41, 5.74) is 0.389. The van der Waals surface area contributed by atoms with Crippen LogP contribution in [0.4, 0.5) is 0 Å². The molecule has 0 saturated carbocycles. The number of rotatable bonds is 5. The van der Waals surface area contributed by atoms with Gasteiger partial charge in [-0.3, -0.25) is 4.98 Å². The quantitative estimate of drug-likeness (QED) is 0.782. The van der Waals surface area contributed by atoms with Crippen molar-refractivity contribution in [3.8, 4) is 5.88 Å². The topological polar surface area (TPSA) is 107 Å². The standard InChI is InChI=1S/C18H23ClN4O3S/c1-12(2)26-16-6-4-14(27(20,24)25)17(23-16)18(7-9-21-10-8-18)15-5-3-13(19)11-22-15/h3-6,11-12,21H,7-10H2,1-2H3,(H2,20,24,25). The van der Waals surface area contributed by atoms with Gasteiger partial charge in [-0.15, -0.1) is 0 Å². The van der Waals surface area contributed by atoms with Crippen LogP contribution in [-0.2, 0) is 15.4 Å². The van der Waals surface area contributed by atoms with Gasteiger partial charge in [-0.25, -0.2) is 18.5 Å². The first kappa shape index (κ1) is 20.0. The van der Waals surface area contributed by atoms with Crippen molar-refractivity contribution in [3.63, 3.8) is 0 Å². The van der Waals surface area contributed by atoms with Gasteiger partial charge in [0, 0.05) is 12.3 Å². The Morgan fingerprint density at radius 2 is 1.93 bits per heavy atom. The van der Waals surface area contributed by atoms with Gasteiger partial charge in [-0.1, -0.05) is 11.6 Å². The minimum atomic E-state index is -3.97.